The Labute approximate surface area is 262 Å². The molecule has 9 nitrogen and oxygen atoms in total. The molecule has 10 heteroatoms. The molecule has 3 heterocycles. The van der Waals surface area contributed by atoms with Crippen molar-refractivity contribution in [3.8, 4) is 22.3 Å². The van der Waals surface area contributed by atoms with Gasteiger partial charge in [0.15, 0.2) is 5.67 Å². The van der Waals surface area contributed by atoms with Crippen LogP contribution in [0.3, 0.4) is 0 Å². The molecule has 1 saturated carbocycles. The van der Waals surface area contributed by atoms with Gasteiger partial charge in [-0.25, -0.2) is 9.37 Å². The number of amides is 2. The minimum Gasteiger partial charge on any atom is -0.354 e. The molecule has 3 aliphatic rings. The van der Waals surface area contributed by atoms with Gasteiger partial charge in [0, 0.05) is 55.2 Å². The lowest BCUT2D eigenvalue weighted by molar-refractivity contribution is -0.131. The molecular weight excluding hydrogens is 569 g/mol. The highest BCUT2D eigenvalue weighted by Gasteiger charge is 2.52. The van der Waals surface area contributed by atoms with E-state index in [1.54, 1.807) is 0 Å². The van der Waals surface area contributed by atoms with Crippen LogP contribution < -0.4 is 20.9 Å². The number of pyridine rings is 1. The number of carbonyl (C=O) groups is 2. The first kappa shape index (κ1) is 29.2. The van der Waals surface area contributed by atoms with Gasteiger partial charge >= 0.3 is 0 Å². The van der Waals surface area contributed by atoms with E-state index in [1.165, 1.54) is 0 Å². The number of H-pyrrole nitrogens is 1. The van der Waals surface area contributed by atoms with E-state index in [4.69, 9.17) is 0 Å². The van der Waals surface area contributed by atoms with Crippen LogP contribution in [0.2, 0.25) is 0 Å². The normalized spacial score (nSPS) is 19.1. The van der Waals surface area contributed by atoms with Crippen molar-refractivity contribution >= 4 is 23.3 Å². The van der Waals surface area contributed by atoms with Gasteiger partial charge in [-0.1, -0.05) is 30.3 Å². The lowest BCUT2D eigenvalue weighted by Gasteiger charge is -2.28. The number of alkyl halides is 1. The molecular formula is C35H38FN7O2. The molecule has 7 rings (SSSR count). The molecule has 2 aliphatic carbocycles. The smallest absolute Gasteiger partial charge is 0.258 e. The summed E-state index contributed by atoms with van der Waals surface area (Å²) < 4.78 is 14.9. The first-order valence-corrected chi connectivity index (χ1v) is 15.8. The number of carbonyl (C=O) groups excluding carboxylic acids is 2. The van der Waals surface area contributed by atoms with Crippen molar-refractivity contribution in [1.82, 2.24) is 25.8 Å². The van der Waals surface area contributed by atoms with Crippen LogP contribution in [-0.4, -0.2) is 64.9 Å². The highest BCUT2D eigenvalue weighted by molar-refractivity contribution is 6.00. The van der Waals surface area contributed by atoms with E-state index in [2.05, 4.69) is 60.3 Å². The Morgan fingerprint density at radius 3 is 2.44 bits per heavy atom. The molecule has 0 spiro atoms. The van der Waals surface area contributed by atoms with Crippen molar-refractivity contribution in [3.05, 3.63) is 83.3 Å². The summed E-state index contributed by atoms with van der Waals surface area (Å²) in [5, 5.41) is 16.5. The Morgan fingerprint density at radius 2 is 1.73 bits per heavy atom. The summed E-state index contributed by atoms with van der Waals surface area (Å²) in [5.41, 5.74) is 6.83. The summed E-state index contributed by atoms with van der Waals surface area (Å²) >= 11 is 0. The molecule has 2 amide bonds. The second-order valence-electron chi connectivity index (χ2n) is 12.5. The number of fused-ring (bicyclic) bond motifs is 1. The van der Waals surface area contributed by atoms with Gasteiger partial charge in [-0.3, -0.25) is 14.7 Å². The van der Waals surface area contributed by atoms with Crippen LogP contribution in [0, 0.1) is 13.8 Å². The zero-order chi connectivity index (χ0) is 31.1. The predicted octanol–water partition coefficient (Wildman–Crippen LogP) is 4.82. The molecule has 1 unspecified atom stereocenters. The van der Waals surface area contributed by atoms with Gasteiger partial charge in [0.2, 0.25) is 5.91 Å². The summed E-state index contributed by atoms with van der Waals surface area (Å²) in [6.07, 6.45) is 3.66. The fourth-order valence-electron chi connectivity index (χ4n) is 6.70. The number of anilines is 2. The fourth-order valence-corrected chi connectivity index (χ4v) is 6.70. The number of aromatic nitrogens is 3. The van der Waals surface area contributed by atoms with Gasteiger partial charge in [0.25, 0.3) is 5.91 Å². The van der Waals surface area contributed by atoms with Crippen LogP contribution >= 0.6 is 0 Å². The van der Waals surface area contributed by atoms with E-state index in [0.29, 0.717) is 12.1 Å². The van der Waals surface area contributed by atoms with Crippen molar-refractivity contribution in [2.24, 2.45) is 0 Å². The van der Waals surface area contributed by atoms with E-state index in [0.717, 1.165) is 83.2 Å². The summed E-state index contributed by atoms with van der Waals surface area (Å²) in [6, 6.07) is 17.1. The summed E-state index contributed by atoms with van der Waals surface area (Å²) in [6.45, 7) is 7.58. The molecule has 2 aromatic carbocycles. The molecule has 0 bridgehead atoms. The van der Waals surface area contributed by atoms with Crippen LogP contribution in [0.1, 0.15) is 47.7 Å². The van der Waals surface area contributed by atoms with Gasteiger partial charge in [-0.15, -0.1) is 0 Å². The lowest BCUT2D eigenvalue weighted by Crippen LogP contribution is -2.50. The molecule has 232 valence electrons. The van der Waals surface area contributed by atoms with Crippen LogP contribution in [-0.2, 0) is 16.0 Å². The van der Waals surface area contributed by atoms with Crippen molar-refractivity contribution in [3.63, 3.8) is 0 Å². The second-order valence-corrected chi connectivity index (χ2v) is 12.5. The Hall–Kier alpha value is -4.57. The molecule has 2 atom stereocenters. The van der Waals surface area contributed by atoms with Gasteiger partial charge in [0.1, 0.15) is 11.9 Å². The number of hydrogen-bond acceptors (Lipinski definition) is 6. The van der Waals surface area contributed by atoms with Crippen molar-refractivity contribution in [2.45, 2.75) is 57.2 Å². The highest BCUT2D eigenvalue weighted by atomic mass is 19.1. The van der Waals surface area contributed by atoms with Gasteiger partial charge in [0.05, 0.1) is 5.69 Å². The Bertz CT molecular complexity index is 1720. The number of rotatable bonds is 8. The zero-order valence-electron chi connectivity index (χ0n) is 25.6. The third-order valence-electron chi connectivity index (χ3n) is 9.43. The van der Waals surface area contributed by atoms with Crippen LogP contribution in [0.15, 0.2) is 60.8 Å². The maximum Gasteiger partial charge on any atom is 0.258 e. The number of hydrogen-bond donors (Lipinski definition) is 4. The summed E-state index contributed by atoms with van der Waals surface area (Å²) in [5.74, 6) is -0.416. The maximum atomic E-state index is 14.9. The number of aryl methyl sites for hydroxylation is 3. The largest absolute Gasteiger partial charge is 0.354 e. The molecule has 2 fully saturated rings. The number of nitrogens with one attached hydrogen (secondary N) is 4. The monoisotopic (exact) mass is 607 g/mol. The molecule has 1 aliphatic heterocycles. The van der Waals surface area contributed by atoms with Crippen LogP contribution in [0.25, 0.3) is 22.3 Å². The molecule has 45 heavy (non-hydrogen) atoms. The predicted molar refractivity (Wildman–Crippen MR) is 173 cm³/mol. The van der Waals surface area contributed by atoms with Crippen molar-refractivity contribution in [2.75, 3.05) is 36.4 Å². The topological polar surface area (TPSA) is 115 Å². The second kappa shape index (κ2) is 11.7. The zero-order valence-corrected chi connectivity index (χ0v) is 25.6. The number of aromatic amines is 1. The highest BCUT2D eigenvalue weighted by Crippen LogP contribution is 2.42. The third kappa shape index (κ3) is 5.82. The third-order valence-corrected chi connectivity index (χ3v) is 9.43. The van der Waals surface area contributed by atoms with E-state index >= 15 is 0 Å². The van der Waals surface area contributed by atoms with E-state index < -0.39 is 17.6 Å². The number of halogens is 1. The van der Waals surface area contributed by atoms with Gasteiger partial charge in [-0.2, -0.15) is 5.10 Å². The average Bonchev–Trinajstić information content (AvgIpc) is 3.55. The summed E-state index contributed by atoms with van der Waals surface area (Å²) in [7, 11) is 0. The van der Waals surface area contributed by atoms with Crippen molar-refractivity contribution in [1.29, 1.82) is 0 Å². The van der Waals surface area contributed by atoms with Gasteiger partial charge in [-0.05, 0) is 91.6 Å². The molecule has 4 aromatic rings. The number of benzene rings is 2. The number of nitrogens with zero attached hydrogens (tertiary/aromatic N) is 3. The molecule has 1 saturated heterocycles. The van der Waals surface area contributed by atoms with Crippen molar-refractivity contribution < 1.29 is 14.0 Å². The van der Waals surface area contributed by atoms with E-state index in [-0.39, 0.29) is 24.7 Å². The van der Waals surface area contributed by atoms with Gasteiger partial charge < -0.3 is 20.9 Å². The molecule has 0 radical (unpaired) electrons. The Morgan fingerprint density at radius 1 is 1.00 bits per heavy atom. The summed E-state index contributed by atoms with van der Waals surface area (Å²) in [4.78, 5) is 33.8. The SMILES string of the molecule is Cc1n[nH]c(C)c1-c1ccc(NC(=O)C(NC(=O)C2(F)CC2)[C@@H]2CCc3ccc(-c4ccnc(N5CCNCC5)c4)cc32)cc1. The lowest BCUT2D eigenvalue weighted by atomic mass is 9.90. The average molecular weight is 608 g/mol. The number of piperazine rings is 1. The minimum absolute atomic E-state index is 0.185. The van der Waals surface area contributed by atoms with E-state index in [9.17, 15) is 14.0 Å². The first-order valence-electron chi connectivity index (χ1n) is 15.8. The maximum absolute atomic E-state index is 14.9. The molecule has 4 N–H and O–H groups in total. The van der Waals surface area contributed by atoms with Crippen LogP contribution in [0.5, 0.6) is 0 Å². The Balaban J connectivity index is 1.16. The first-order chi connectivity index (χ1) is 21.8. The molecule has 2 aromatic heterocycles. The Kier molecular flexibility index (Phi) is 7.61. The van der Waals surface area contributed by atoms with Crippen LogP contribution in [0.4, 0.5) is 15.9 Å². The minimum atomic E-state index is -1.89. The quantitative estimate of drug-likeness (QED) is 0.228. The fraction of sp³-hybridized carbons (Fsp3) is 0.371. The van der Waals surface area contributed by atoms with E-state index in [1.807, 2.05) is 50.4 Å². The standard InChI is InChI=1S/C35H38FN7O2/c1-21-31(22(2)42-41-21)24-5-8-27(9-6-24)39-33(44)32(40-34(45)35(36)12-13-35)28-10-7-23-3-4-25(19-29(23)28)26-11-14-38-30(20-26)43-17-15-37-16-18-43/h3-6,8-9,11,14,19-20,28,32,37H,7,10,12-13,15-18H2,1-2H3,(H,39,44)(H,40,45)(H,41,42)/t28-,32?/m1/s1.